The van der Waals surface area contributed by atoms with Crippen molar-refractivity contribution in [3.63, 3.8) is 0 Å². The molecular weight excluding hydrogens is 364 g/mol. The van der Waals surface area contributed by atoms with Crippen LogP contribution in [0.25, 0.3) is 0 Å². The molecule has 8 nitrogen and oxygen atoms in total. The average Bonchev–Trinajstić information content (AvgIpc) is 2.57. The first-order valence-corrected chi connectivity index (χ1v) is 9.48. The highest BCUT2D eigenvalue weighted by Crippen LogP contribution is 2.30. The van der Waals surface area contributed by atoms with E-state index in [0.717, 1.165) is 5.56 Å². The minimum atomic E-state index is -4.13. The van der Waals surface area contributed by atoms with Gasteiger partial charge in [-0.15, -0.1) is 0 Å². The molecule has 1 aromatic rings. The highest BCUT2D eigenvalue weighted by Gasteiger charge is 2.50. The molecule has 0 unspecified atom stereocenters. The summed E-state index contributed by atoms with van der Waals surface area (Å²) >= 11 is 0. The van der Waals surface area contributed by atoms with Gasteiger partial charge in [-0.1, -0.05) is 17.7 Å². The van der Waals surface area contributed by atoms with Crippen LogP contribution in [0.15, 0.2) is 29.2 Å². The van der Waals surface area contributed by atoms with E-state index in [0.29, 0.717) is 0 Å². The SMILES string of the molecule is CO[C@H]1O[C@H](C)[C@H](OC)[C@H](OS(=O)(=O)c2ccc(C)cc2)[C@H]1OC(C)=O. The lowest BCUT2D eigenvalue weighted by atomic mass is 9.99. The zero-order valence-electron chi connectivity index (χ0n) is 15.4. The van der Waals surface area contributed by atoms with Crippen LogP contribution in [0.4, 0.5) is 0 Å². The quantitative estimate of drug-likeness (QED) is 0.533. The molecule has 0 spiro atoms. The van der Waals surface area contributed by atoms with Gasteiger partial charge in [0.1, 0.15) is 12.2 Å². The van der Waals surface area contributed by atoms with Crippen LogP contribution in [-0.2, 0) is 38.0 Å². The van der Waals surface area contributed by atoms with Crippen molar-refractivity contribution in [3.05, 3.63) is 29.8 Å². The average molecular weight is 388 g/mol. The number of methoxy groups -OCH3 is 2. The first-order chi connectivity index (χ1) is 12.2. The third-order valence-electron chi connectivity index (χ3n) is 4.08. The smallest absolute Gasteiger partial charge is 0.303 e. The molecule has 0 amide bonds. The van der Waals surface area contributed by atoms with Crippen LogP contribution in [0.2, 0.25) is 0 Å². The number of ether oxygens (including phenoxy) is 4. The van der Waals surface area contributed by atoms with Crippen LogP contribution in [0.3, 0.4) is 0 Å². The Balaban J connectivity index is 2.38. The second-order valence-corrected chi connectivity index (χ2v) is 7.62. The van der Waals surface area contributed by atoms with Crippen LogP contribution in [0.5, 0.6) is 0 Å². The monoisotopic (exact) mass is 388 g/mol. The molecule has 0 radical (unpaired) electrons. The lowest BCUT2D eigenvalue weighted by molar-refractivity contribution is -0.288. The molecule has 146 valence electrons. The molecular formula is C17H24O8S. The van der Waals surface area contributed by atoms with E-state index in [2.05, 4.69) is 0 Å². The van der Waals surface area contributed by atoms with Gasteiger partial charge in [0.05, 0.1) is 11.0 Å². The van der Waals surface area contributed by atoms with Gasteiger partial charge in [-0.2, -0.15) is 8.42 Å². The second kappa shape index (κ2) is 8.45. The predicted molar refractivity (Wildman–Crippen MR) is 90.9 cm³/mol. The summed E-state index contributed by atoms with van der Waals surface area (Å²) < 4.78 is 52.3. The number of carbonyl (C=O) groups excluding carboxylic acids is 1. The first-order valence-electron chi connectivity index (χ1n) is 8.08. The molecule has 0 saturated carbocycles. The molecule has 1 fully saturated rings. The Bertz CT molecular complexity index is 715. The van der Waals surface area contributed by atoms with Crippen molar-refractivity contribution in [2.75, 3.05) is 14.2 Å². The lowest BCUT2D eigenvalue weighted by Crippen LogP contribution is -2.60. The number of carbonyl (C=O) groups is 1. The zero-order valence-corrected chi connectivity index (χ0v) is 16.2. The van der Waals surface area contributed by atoms with Gasteiger partial charge in [-0.25, -0.2) is 0 Å². The maximum atomic E-state index is 12.7. The number of hydrogen-bond acceptors (Lipinski definition) is 8. The van der Waals surface area contributed by atoms with E-state index in [4.69, 9.17) is 23.1 Å². The molecule has 1 aliphatic rings. The fourth-order valence-electron chi connectivity index (χ4n) is 2.82. The Kier molecular flexibility index (Phi) is 6.75. The number of hydrogen-bond donors (Lipinski definition) is 0. The van der Waals surface area contributed by atoms with E-state index in [1.165, 1.54) is 33.3 Å². The maximum absolute atomic E-state index is 12.7. The van der Waals surface area contributed by atoms with Crippen LogP contribution in [0.1, 0.15) is 19.4 Å². The van der Waals surface area contributed by atoms with E-state index in [1.807, 2.05) is 6.92 Å². The van der Waals surface area contributed by atoms with Crippen molar-refractivity contribution in [1.82, 2.24) is 0 Å². The first kappa shape index (κ1) is 20.8. The van der Waals surface area contributed by atoms with Gasteiger partial charge < -0.3 is 18.9 Å². The maximum Gasteiger partial charge on any atom is 0.303 e. The third-order valence-corrected chi connectivity index (χ3v) is 5.41. The topological polar surface area (TPSA) is 97.4 Å². The highest BCUT2D eigenvalue weighted by molar-refractivity contribution is 7.86. The van der Waals surface area contributed by atoms with Gasteiger partial charge in [0.25, 0.3) is 10.1 Å². The molecule has 0 aromatic heterocycles. The van der Waals surface area contributed by atoms with E-state index in [9.17, 15) is 13.2 Å². The van der Waals surface area contributed by atoms with Gasteiger partial charge in [0, 0.05) is 21.1 Å². The van der Waals surface area contributed by atoms with E-state index >= 15 is 0 Å². The van der Waals surface area contributed by atoms with Gasteiger partial charge >= 0.3 is 5.97 Å². The van der Waals surface area contributed by atoms with Crippen molar-refractivity contribution < 1.29 is 36.3 Å². The van der Waals surface area contributed by atoms with Crippen LogP contribution in [-0.4, -0.2) is 59.3 Å². The standard InChI is InChI=1S/C17H24O8S/c1-10-6-8-13(9-7-10)26(19,20)25-15-14(21-4)11(2)23-17(22-5)16(15)24-12(3)18/h6-9,11,14-17H,1-5H3/t11-,14+,15+,16-,17+/m1/s1. The van der Waals surface area contributed by atoms with Gasteiger partial charge in [-0.3, -0.25) is 8.98 Å². The van der Waals surface area contributed by atoms with Crippen molar-refractivity contribution >= 4 is 16.1 Å². The summed E-state index contributed by atoms with van der Waals surface area (Å²) in [4.78, 5) is 11.5. The fourth-order valence-corrected chi connectivity index (χ4v) is 3.91. The lowest BCUT2D eigenvalue weighted by Gasteiger charge is -2.43. The van der Waals surface area contributed by atoms with Crippen LogP contribution < -0.4 is 0 Å². The number of benzene rings is 1. The molecule has 0 N–H and O–H groups in total. The zero-order chi connectivity index (χ0) is 19.5. The largest absolute Gasteiger partial charge is 0.454 e. The fraction of sp³-hybridized carbons (Fsp3) is 0.588. The molecule has 0 bridgehead atoms. The molecule has 5 atom stereocenters. The number of aryl methyl sites for hydroxylation is 1. The molecule has 9 heteroatoms. The van der Waals surface area contributed by atoms with Crippen LogP contribution in [0, 0.1) is 6.92 Å². The van der Waals surface area contributed by atoms with Gasteiger partial charge in [-0.05, 0) is 26.0 Å². The Labute approximate surface area is 153 Å². The van der Waals surface area contributed by atoms with Crippen molar-refractivity contribution in [3.8, 4) is 0 Å². The molecule has 1 aromatic carbocycles. The molecule has 1 heterocycles. The van der Waals surface area contributed by atoms with Crippen molar-refractivity contribution in [2.24, 2.45) is 0 Å². The van der Waals surface area contributed by atoms with E-state index in [1.54, 1.807) is 19.1 Å². The third kappa shape index (κ3) is 4.60. The Morgan fingerprint density at radius 2 is 1.65 bits per heavy atom. The second-order valence-electron chi connectivity index (χ2n) is 6.05. The number of rotatable bonds is 6. The van der Waals surface area contributed by atoms with Gasteiger partial charge in [0.15, 0.2) is 12.4 Å². The van der Waals surface area contributed by atoms with Crippen molar-refractivity contribution in [1.29, 1.82) is 0 Å². The Hall–Kier alpha value is -1.52. The van der Waals surface area contributed by atoms with Crippen LogP contribution >= 0.6 is 0 Å². The van der Waals surface area contributed by atoms with Gasteiger partial charge in [0.2, 0.25) is 0 Å². The normalized spacial score (nSPS) is 29.3. The summed E-state index contributed by atoms with van der Waals surface area (Å²) in [5, 5.41) is 0. The summed E-state index contributed by atoms with van der Waals surface area (Å²) in [7, 11) is -1.36. The minimum absolute atomic E-state index is 0.00682. The number of esters is 1. The predicted octanol–water partition coefficient (Wildman–Crippen LogP) is 1.41. The summed E-state index contributed by atoms with van der Waals surface area (Å²) in [6.45, 7) is 4.75. The van der Waals surface area contributed by atoms with E-state index in [-0.39, 0.29) is 4.90 Å². The molecule has 1 aliphatic heterocycles. The minimum Gasteiger partial charge on any atom is -0.454 e. The summed E-state index contributed by atoms with van der Waals surface area (Å²) in [6, 6.07) is 6.23. The van der Waals surface area contributed by atoms with E-state index < -0.39 is 46.8 Å². The molecule has 26 heavy (non-hydrogen) atoms. The molecule has 0 aliphatic carbocycles. The van der Waals surface area contributed by atoms with Crippen molar-refractivity contribution in [2.45, 2.75) is 56.4 Å². The molecule has 2 rings (SSSR count). The highest BCUT2D eigenvalue weighted by atomic mass is 32.2. The summed E-state index contributed by atoms with van der Waals surface area (Å²) in [6.07, 6.45) is -4.57. The molecule has 1 saturated heterocycles. The summed E-state index contributed by atoms with van der Waals surface area (Å²) in [5.41, 5.74) is 0.913. The Morgan fingerprint density at radius 1 is 1.04 bits per heavy atom. The summed E-state index contributed by atoms with van der Waals surface area (Å²) in [5.74, 6) is -0.619. The Morgan fingerprint density at radius 3 is 2.15 bits per heavy atom.